The molecule has 0 saturated heterocycles. The van der Waals surface area contributed by atoms with Crippen LogP contribution in [0, 0.1) is 0 Å². The van der Waals surface area contributed by atoms with E-state index in [2.05, 4.69) is 63.4 Å². The maximum absolute atomic E-state index is 12.4. The van der Waals surface area contributed by atoms with Gasteiger partial charge in [-0.15, -0.1) is 0 Å². The van der Waals surface area contributed by atoms with Crippen molar-refractivity contribution in [3.8, 4) is 5.75 Å². The van der Waals surface area contributed by atoms with E-state index in [1.54, 1.807) is 24.3 Å². The van der Waals surface area contributed by atoms with Crippen LogP contribution in [0.25, 0.3) is 12.2 Å². The molecule has 0 bridgehead atoms. The molecule has 3 nitrogen and oxygen atoms in total. The first-order chi connectivity index (χ1) is 14.6. The summed E-state index contributed by atoms with van der Waals surface area (Å²) < 4.78 is 0. The summed E-state index contributed by atoms with van der Waals surface area (Å²) in [6.07, 6.45) is 5.37. The van der Waals surface area contributed by atoms with E-state index in [0.717, 1.165) is 12.0 Å². The minimum atomic E-state index is -0.176. The second-order valence-corrected chi connectivity index (χ2v) is 9.71. The van der Waals surface area contributed by atoms with Crippen LogP contribution in [0.2, 0.25) is 0 Å². The average molecular weight is 412 g/mol. The van der Waals surface area contributed by atoms with Crippen LogP contribution in [0.5, 0.6) is 5.75 Å². The van der Waals surface area contributed by atoms with Crippen molar-refractivity contribution in [1.82, 2.24) is 0 Å². The largest absolute Gasteiger partial charge is 0.508 e. The minimum Gasteiger partial charge on any atom is -0.508 e. The van der Waals surface area contributed by atoms with E-state index in [4.69, 9.17) is 0 Å². The molecule has 0 fully saturated rings. The highest BCUT2D eigenvalue weighted by atomic mass is 16.3. The molecule has 3 aromatic rings. The minimum absolute atomic E-state index is 0.171. The second-order valence-electron chi connectivity index (χ2n) is 9.71. The van der Waals surface area contributed by atoms with E-state index < -0.39 is 0 Å². The number of hydrogen-bond acceptors (Lipinski definition) is 2. The summed E-state index contributed by atoms with van der Waals surface area (Å²) in [7, 11) is 0. The quantitative estimate of drug-likeness (QED) is 0.367. The Hall–Kier alpha value is -3.33. The third-order valence-electron chi connectivity index (χ3n) is 6.15. The summed E-state index contributed by atoms with van der Waals surface area (Å²) >= 11 is 0. The number of anilines is 1. The first-order valence-corrected chi connectivity index (χ1v) is 10.7. The van der Waals surface area contributed by atoms with Gasteiger partial charge in [0, 0.05) is 11.3 Å². The Morgan fingerprint density at radius 1 is 0.806 bits per heavy atom. The highest BCUT2D eigenvalue weighted by Crippen LogP contribution is 2.49. The lowest BCUT2D eigenvalue weighted by Gasteiger charge is -2.22. The second kappa shape index (κ2) is 7.73. The number of phenols is 1. The van der Waals surface area contributed by atoms with Gasteiger partial charge in [0.15, 0.2) is 0 Å². The Balaban J connectivity index is 1.47. The molecular formula is C28H29NO2. The molecule has 0 atom stereocenters. The fraction of sp³-hybridized carbons (Fsp3) is 0.250. The summed E-state index contributed by atoms with van der Waals surface area (Å²) in [6.45, 7) is 9.32. The predicted molar refractivity (Wildman–Crippen MR) is 129 cm³/mol. The van der Waals surface area contributed by atoms with Crippen LogP contribution in [0.4, 0.5) is 5.69 Å². The summed E-state index contributed by atoms with van der Waals surface area (Å²) in [4.78, 5) is 12.4. The van der Waals surface area contributed by atoms with Crippen LogP contribution in [-0.2, 0) is 10.8 Å². The van der Waals surface area contributed by atoms with Gasteiger partial charge in [0.05, 0.1) is 0 Å². The molecule has 1 aliphatic carbocycles. The first kappa shape index (κ1) is 20.9. The highest BCUT2D eigenvalue weighted by Gasteiger charge is 2.41. The van der Waals surface area contributed by atoms with E-state index in [9.17, 15) is 9.90 Å². The molecule has 0 aromatic heterocycles. The zero-order valence-corrected chi connectivity index (χ0v) is 18.6. The zero-order chi connectivity index (χ0) is 22.2. The predicted octanol–water partition coefficient (Wildman–Crippen LogP) is 6.77. The zero-order valence-electron chi connectivity index (χ0n) is 18.6. The van der Waals surface area contributed by atoms with Crippen molar-refractivity contribution in [2.75, 3.05) is 5.32 Å². The normalized spacial score (nSPS) is 16.3. The molecule has 0 spiro atoms. The van der Waals surface area contributed by atoms with Crippen LogP contribution in [-0.4, -0.2) is 11.0 Å². The van der Waals surface area contributed by atoms with Gasteiger partial charge >= 0.3 is 0 Å². The Morgan fingerprint density at radius 2 is 1.39 bits per heavy atom. The lowest BCUT2D eigenvalue weighted by molar-refractivity contribution is 0.102. The molecule has 31 heavy (non-hydrogen) atoms. The fourth-order valence-corrected chi connectivity index (χ4v) is 4.80. The number of carbonyl (C=O) groups excluding carboxylic acids is 1. The standard InChI is InChI=1S/C28H29NO2/c1-27(2)18-28(3,4)25-17-20(9-16-24(25)27)6-5-19-7-10-21(11-8-19)26(31)29-22-12-14-23(30)15-13-22/h5-17,30H,18H2,1-4H3,(H,29,31)/b6-5+. The number of benzene rings is 3. The van der Waals surface area contributed by atoms with Gasteiger partial charge in [0.2, 0.25) is 0 Å². The highest BCUT2D eigenvalue weighted by molar-refractivity contribution is 6.04. The van der Waals surface area contributed by atoms with Gasteiger partial charge in [0.25, 0.3) is 5.91 Å². The lowest BCUT2D eigenvalue weighted by Crippen LogP contribution is -2.17. The Kier molecular flexibility index (Phi) is 5.22. The first-order valence-electron chi connectivity index (χ1n) is 10.7. The van der Waals surface area contributed by atoms with Crippen molar-refractivity contribution in [3.63, 3.8) is 0 Å². The molecule has 3 heteroatoms. The Labute approximate surface area is 184 Å². The smallest absolute Gasteiger partial charge is 0.255 e. The van der Waals surface area contributed by atoms with Gasteiger partial charge in [-0.3, -0.25) is 4.79 Å². The van der Waals surface area contributed by atoms with Crippen molar-refractivity contribution in [2.24, 2.45) is 0 Å². The number of fused-ring (bicyclic) bond motifs is 1. The summed E-state index contributed by atoms with van der Waals surface area (Å²) in [5, 5.41) is 12.2. The molecule has 0 heterocycles. The number of amides is 1. The van der Waals surface area contributed by atoms with Crippen LogP contribution in [0.1, 0.15) is 66.7 Å². The van der Waals surface area contributed by atoms with Crippen molar-refractivity contribution in [1.29, 1.82) is 0 Å². The van der Waals surface area contributed by atoms with Crippen LogP contribution in [0.3, 0.4) is 0 Å². The van der Waals surface area contributed by atoms with Gasteiger partial charge in [-0.2, -0.15) is 0 Å². The third kappa shape index (κ3) is 4.41. The summed E-state index contributed by atoms with van der Waals surface area (Å²) in [6, 6.07) is 20.8. The lowest BCUT2D eigenvalue weighted by atomic mass is 9.82. The van der Waals surface area contributed by atoms with E-state index >= 15 is 0 Å². The third-order valence-corrected chi connectivity index (χ3v) is 6.15. The molecule has 3 aromatic carbocycles. The molecule has 0 saturated carbocycles. The molecule has 1 amide bonds. The molecule has 0 radical (unpaired) electrons. The van der Waals surface area contributed by atoms with Gasteiger partial charge in [-0.25, -0.2) is 0 Å². The molecule has 2 N–H and O–H groups in total. The maximum atomic E-state index is 12.4. The van der Waals surface area contributed by atoms with Gasteiger partial charge < -0.3 is 10.4 Å². The average Bonchev–Trinajstić information content (AvgIpc) is 2.92. The van der Waals surface area contributed by atoms with Gasteiger partial charge in [-0.05, 0) is 75.9 Å². The van der Waals surface area contributed by atoms with E-state index in [1.165, 1.54) is 16.7 Å². The van der Waals surface area contributed by atoms with Crippen molar-refractivity contribution < 1.29 is 9.90 Å². The van der Waals surface area contributed by atoms with E-state index in [0.29, 0.717) is 11.3 Å². The molecule has 158 valence electrons. The Bertz CT molecular complexity index is 1140. The monoisotopic (exact) mass is 411 g/mol. The number of nitrogens with one attached hydrogen (secondary N) is 1. The molecule has 0 aliphatic heterocycles. The van der Waals surface area contributed by atoms with Gasteiger partial charge in [-0.1, -0.05) is 70.2 Å². The number of phenolic OH excluding ortho intramolecular Hbond substituents is 1. The molecular weight excluding hydrogens is 382 g/mol. The SMILES string of the molecule is CC1(C)CC(C)(C)c2cc(/C=C/c3ccc(C(=O)Nc4ccc(O)cc4)cc3)ccc21. The number of aromatic hydroxyl groups is 1. The topological polar surface area (TPSA) is 49.3 Å². The summed E-state index contributed by atoms with van der Waals surface area (Å²) in [5.41, 5.74) is 6.79. The molecule has 4 rings (SSSR count). The molecule has 1 aliphatic rings. The summed E-state index contributed by atoms with van der Waals surface area (Å²) in [5.74, 6) is -0.00512. The number of hydrogen-bond donors (Lipinski definition) is 2. The van der Waals surface area contributed by atoms with Crippen LogP contribution < -0.4 is 5.32 Å². The van der Waals surface area contributed by atoms with Crippen molar-refractivity contribution >= 4 is 23.7 Å². The fourth-order valence-electron chi connectivity index (χ4n) is 4.80. The Morgan fingerprint density at radius 3 is 2.06 bits per heavy atom. The molecule has 0 unspecified atom stereocenters. The van der Waals surface area contributed by atoms with E-state index in [-0.39, 0.29) is 22.5 Å². The van der Waals surface area contributed by atoms with Crippen molar-refractivity contribution in [2.45, 2.75) is 44.9 Å². The van der Waals surface area contributed by atoms with Crippen LogP contribution in [0.15, 0.2) is 66.7 Å². The maximum Gasteiger partial charge on any atom is 0.255 e. The van der Waals surface area contributed by atoms with E-state index in [1.807, 2.05) is 24.3 Å². The van der Waals surface area contributed by atoms with Crippen molar-refractivity contribution in [3.05, 3.63) is 94.5 Å². The van der Waals surface area contributed by atoms with Gasteiger partial charge in [0.1, 0.15) is 5.75 Å². The number of carbonyl (C=O) groups is 1. The van der Waals surface area contributed by atoms with Crippen LogP contribution >= 0.6 is 0 Å². The number of rotatable bonds is 4.